The first-order chi connectivity index (χ1) is 20.1. The summed E-state index contributed by atoms with van der Waals surface area (Å²) in [6, 6.07) is 25.0. The Morgan fingerprint density at radius 1 is 1.00 bits per heavy atom. The zero-order valence-corrected chi connectivity index (χ0v) is 25.8. The molecule has 42 heavy (non-hydrogen) atoms. The average molecular weight is 624 g/mol. The largest absolute Gasteiger partial charge is 0.493 e. The predicted octanol–water partition coefficient (Wildman–Crippen LogP) is 8.29. The molecule has 0 unspecified atom stereocenters. The van der Waals surface area contributed by atoms with Crippen LogP contribution < -0.4 is 10.3 Å². The second-order valence-corrected chi connectivity index (χ2v) is 12.5. The van der Waals surface area contributed by atoms with E-state index in [1.54, 1.807) is 12.3 Å². The highest BCUT2D eigenvalue weighted by atomic mass is 79.9. The summed E-state index contributed by atoms with van der Waals surface area (Å²) in [5.41, 5.74) is 5.05. The van der Waals surface area contributed by atoms with Crippen molar-refractivity contribution in [3.05, 3.63) is 111 Å². The van der Waals surface area contributed by atoms with Gasteiger partial charge >= 0.3 is 0 Å². The number of hydrogen-bond acceptors (Lipinski definition) is 5. The van der Waals surface area contributed by atoms with Crippen molar-refractivity contribution in [2.24, 2.45) is 10.5 Å². The van der Waals surface area contributed by atoms with Crippen LogP contribution in [0.2, 0.25) is 0 Å². The molecule has 6 aromatic rings. The standard InChI is InChI=1S/C34H31BrN4O3/c1-21-16-24(22(2)38(21)26-11-13-27(14-12-26)41-20-34(3,4)5)19-36-39-32(37-29-9-7-6-8-28(29)33(39)40)31-18-23-17-25(35)10-15-30(23)42-31/h6-19H,20H2,1-5H3. The molecule has 0 spiro atoms. The van der Waals surface area contributed by atoms with Gasteiger partial charge in [0.2, 0.25) is 5.82 Å². The summed E-state index contributed by atoms with van der Waals surface area (Å²) in [4.78, 5) is 18.5. The zero-order valence-electron chi connectivity index (χ0n) is 24.2. The number of para-hydroxylation sites is 1. The number of aromatic nitrogens is 3. The predicted molar refractivity (Wildman–Crippen MR) is 172 cm³/mol. The molecule has 0 amide bonds. The van der Waals surface area contributed by atoms with Crippen molar-refractivity contribution >= 4 is 44.0 Å². The normalized spacial score (nSPS) is 12.1. The van der Waals surface area contributed by atoms with Gasteiger partial charge in [0, 0.05) is 32.5 Å². The molecule has 8 heteroatoms. The average Bonchev–Trinajstić information content (AvgIpc) is 3.50. The molecule has 3 heterocycles. The third-order valence-corrected chi connectivity index (χ3v) is 7.50. The molecule has 212 valence electrons. The topological polar surface area (TPSA) is 74.5 Å². The molecule has 0 fully saturated rings. The van der Waals surface area contributed by atoms with Crippen molar-refractivity contribution in [1.82, 2.24) is 14.2 Å². The minimum absolute atomic E-state index is 0.0878. The van der Waals surface area contributed by atoms with Crippen LogP contribution >= 0.6 is 15.9 Å². The van der Waals surface area contributed by atoms with Crippen LogP contribution in [0.5, 0.6) is 5.75 Å². The third kappa shape index (κ3) is 5.42. The van der Waals surface area contributed by atoms with Crippen LogP contribution in [0.4, 0.5) is 0 Å². The lowest BCUT2D eigenvalue weighted by Crippen LogP contribution is -2.20. The Morgan fingerprint density at radius 2 is 1.76 bits per heavy atom. The fraction of sp³-hybridized carbons (Fsp3) is 0.206. The summed E-state index contributed by atoms with van der Waals surface area (Å²) in [7, 11) is 0. The van der Waals surface area contributed by atoms with Gasteiger partial charge in [-0.15, -0.1) is 0 Å². The van der Waals surface area contributed by atoms with E-state index in [0.717, 1.165) is 38.2 Å². The zero-order chi connectivity index (χ0) is 29.6. The number of aryl methyl sites for hydroxylation is 1. The Balaban J connectivity index is 1.39. The SMILES string of the molecule is Cc1cc(C=Nn2c(-c3cc4cc(Br)ccc4o3)nc3ccccc3c2=O)c(C)n1-c1ccc(OCC(C)(C)C)cc1. The van der Waals surface area contributed by atoms with E-state index in [1.807, 2.05) is 61.5 Å². The highest BCUT2D eigenvalue weighted by Crippen LogP contribution is 2.29. The number of halogens is 1. The van der Waals surface area contributed by atoms with Crippen LogP contribution in [-0.2, 0) is 0 Å². The molecule has 7 nitrogen and oxygen atoms in total. The summed E-state index contributed by atoms with van der Waals surface area (Å²) in [5, 5.41) is 6.06. The van der Waals surface area contributed by atoms with Crippen LogP contribution in [-0.4, -0.2) is 27.0 Å². The maximum atomic E-state index is 13.7. The summed E-state index contributed by atoms with van der Waals surface area (Å²) >= 11 is 3.51. The van der Waals surface area contributed by atoms with Gasteiger partial charge < -0.3 is 13.7 Å². The molecule has 0 aliphatic heterocycles. The van der Waals surface area contributed by atoms with E-state index >= 15 is 0 Å². The van der Waals surface area contributed by atoms with Gasteiger partial charge in [-0.25, -0.2) is 4.98 Å². The fourth-order valence-corrected chi connectivity index (χ4v) is 5.32. The third-order valence-electron chi connectivity index (χ3n) is 7.00. The molecule has 0 aliphatic carbocycles. The van der Waals surface area contributed by atoms with Crippen LogP contribution in [0.15, 0.2) is 97.6 Å². The number of rotatable bonds is 6. The molecule has 3 aromatic heterocycles. The van der Waals surface area contributed by atoms with E-state index in [9.17, 15) is 4.79 Å². The molecule has 0 saturated carbocycles. The van der Waals surface area contributed by atoms with Crippen molar-refractivity contribution in [2.45, 2.75) is 34.6 Å². The van der Waals surface area contributed by atoms with Gasteiger partial charge in [-0.05, 0) is 86.0 Å². The minimum atomic E-state index is -0.270. The van der Waals surface area contributed by atoms with Crippen molar-refractivity contribution in [3.63, 3.8) is 0 Å². The lowest BCUT2D eigenvalue weighted by molar-refractivity contribution is 0.198. The summed E-state index contributed by atoms with van der Waals surface area (Å²) in [6.07, 6.45) is 1.71. The smallest absolute Gasteiger partial charge is 0.282 e. The first kappa shape index (κ1) is 27.7. The number of benzene rings is 3. The summed E-state index contributed by atoms with van der Waals surface area (Å²) in [5.74, 6) is 1.64. The molecule has 6 rings (SSSR count). The Labute approximate surface area is 252 Å². The fourth-order valence-electron chi connectivity index (χ4n) is 4.94. The second-order valence-electron chi connectivity index (χ2n) is 11.6. The van der Waals surface area contributed by atoms with E-state index in [1.165, 1.54) is 4.68 Å². The molecular weight excluding hydrogens is 592 g/mol. The molecule has 0 bridgehead atoms. The van der Waals surface area contributed by atoms with Gasteiger partial charge in [-0.1, -0.05) is 48.8 Å². The molecule has 0 aliphatic rings. The minimum Gasteiger partial charge on any atom is -0.493 e. The highest BCUT2D eigenvalue weighted by molar-refractivity contribution is 9.10. The van der Waals surface area contributed by atoms with Gasteiger partial charge in [0.15, 0.2) is 5.76 Å². The van der Waals surface area contributed by atoms with Crippen molar-refractivity contribution < 1.29 is 9.15 Å². The monoisotopic (exact) mass is 622 g/mol. The van der Waals surface area contributed by atoms with Gasteiger partial charge in [0.05, 0.1) is 23.7 Å². The molecule has 0 atom stereocenters. The molecule has 0 N–H and O–H groups in total. The van der Waals surface area contributed by atoms with Crippen molar-refractivity contribution in [1.29, 1.82) is 0 Å². The number of hydrogen-bond donors (Lipinski definition) is 0. The quantitative estimate of drug-likeness (QED) is 0.175. The highest BCUT2D eigenvalue weighted by Gasteiger charge is 2.17. The first-order valence-corrected chi connectivity index (χ1v) is 14.5. The maximum absolute atomic E-state index is 13.7. The number of furan rings is 1. The van der Waals surface area contributed by atoms with Crippen LogP contribution in [0.25, 0.3) is 39.1 Å². The van der Waals surface area contributed by atoms with Gasteiger partial charge in [0.25, 0.3) is 5.56 Å². The van der Waals surface area contributed by atoms with Crippen LogP contribution in [0.3, 0.4) is 0 Å². The van der Waals surface area contributed by atoms with E-state index in [-0.39, 0.29) is 11.0 Å². The number of nitrogens with zero attached hydrogens (tertiary/aromatic N) is 4. The van der Waals surface area contributed by atoms with Crippen molar-refractivity contribution in [2.75, 3.05) is 6.61 Å². The van der Waals surface area contributed by atoms with E-state index in [0.29, 0.717) is 34.7 Å². The van der Waals surface area contributed by atoms with Gasteiger partial charge in [-0.3, -0.25) is 4.79 Å². The Kier molecular flexibility index (Phi) is 7.10. The lowest BCUT2D eigenvalue weighted by atomic mass is 9.99. The second kappa shape index (κ2) is 10.8. The molecular formula is C34H31BrN4O3. The Bertz CT molecular complexity index is 2030. The summed E-state index contributed by atoms with van der Waals surface area (Å²) < 4.78 is 16.5. The van der Waals surface area contributed by atoms with Crippen molar-refractivity contribution in [3.8, 4) is 23.0 Å². The molecule has 3 aromatic carbocycles. The molecule has 0 saturated heterocycles. The van der Waals surface area contributed by atoms with Gasteiger partial charge in [-0.2, -0.15) is 9.78 Å². The lowest BCUT2D eigenvalue weighted by Gasteiger charge is -2.19. The van der Waals surface area contributed by atoms with E-state index in [2.05, 4.69) is 71.5 Å². The maximum Gasteiger partial charge on any atom is 0.282 e. The number of ether oxygens (including phenoxy) is 1. The Hall–Kier alpha value is -4.43. The molecule has 0 radical (unpaired) electrons. The van der Waals surface area contributed by atoms with E-state index < -0.39 is 0 Å². The Morgan fingerprint density at radius 3 is 2.52 bits per heavy atom. The van der Waals surface area contributed by atoms with Gasteiger partial charge in [0.1, 0.15) is 11.3 Å². The first-order valence-electron chi connectivity index (χ1n) is 13.8. The van der Waals surface area contributed by atoms with E-state index in [4.69, 9.17) is 14.1 Å². The van der Waals surface area contributed by atoms with Crippen LogP contribution in [0, 0.1) is 19.3 Å². The number of fused-ring (bicyclic) bond motifs is 2. The summed E-state index contributed by atoms with van der Waals surface area (Å²) in [6.45, 7) is 11.2. The van der Waals surface area contributed by atoms with Crippen LogP contribution in [0.1, 0.15) is 37.7 Å².